The molecule has 0 aliphatic heterocycles. The van der Waals surface area contributed by atoms with Crippen LogP contribution < -0.4 is 0 Å². The molecule has 0 unspecified atom stereocenters. The summed E-state index contributed by atoms with van der Waals surface area (Å²) in [4.78, 5) is 8.64. The van der Waals surface area contributed by atoms with Crippen LogP contribution in [-0.2, 0) is 0 Å². The zero-order valence-electron chi connectivity index (χ0n) is 7.53. The van der Waals surface area contributed by atoms with Gasteiger partial charge in [0.1, 0.15) is 4.60 Å². The zero-order chi connectivity index (χ0) is 9.54. The van der Waals surface area contributed by atoms with E-state index in [4.69, 9.17) is 4.42 Å². The summed E-state index contributed by atoms with van der Waals surface area (Å²) in [7, 11) is 0. The highest BCUT2D eigenvalue weighted by Crippen LogP contribution is 2.36. The molecule has 0 N–H and O–H groups in total. The number of hydrogen-bond donors (Lipinski definition) is 0. The number of oxazole rings is 1. The quantitative estimate of drug-likeness (QED) is 0.732. The summed E-state index contributed by atoms with van der Waals surface area (Å²) in [5.41, 5.74) is 1.50. The number of nitrogens with zero attached hydrogens (tertiary/aromatic N) is 2. The summed E-state index contributed by atoms with van der Waals surface area (Å²) in [6, 6.07) is 3.78. The van der Waals surface area contributed by atoms with Crippen molar-refractivity contribution in [3.63, 3.8) is 0 Å². The molecule has 0 aromatic carbocycles. The lowest BCUT2D eigenvalue weighted by Crippen LogP contribution is -2.08. The third-order valence-electron chi connectivity index (χ3n) is 2.69. The molecular formula is C10H9BrN2O. The Labute approximate surface area is 89.7 Å². The predicted octanol–water partition coefficient (Wildman–Crippen LogP) is 3.25. The Kier molecular flexibility index (Phi) is 1.83. The molecule has 2 aromatic heterocycles. The van der Waals surface area contributed by atoms with Crippen LogP contribution in [0.4, 0.5) is 0 Å². The topological polar surface area (TPSA) is 38.9 Å². The van der Waals surface area contributed by atoms with Gasteiger partial charge in [0, 0.05) is 5.92 Å². The first-order valence-electron chi connectivity index (χ1n) is 4.76. The van der Waals surface area contributed by atoms with E-state index in [9.17, 15) is 0 Å². The molecule has 1 aliphatic carbocycles. The lowest BCUT2D eigenvalue weighted by atomic mass is 9.85. The smallest absolute Gasteiger partial charge is 0.200 e. The van der Waals surface area contributed by atoms with E-state index < -0.39 is 0 Å². The van der Waals surface area contributed by atoms with E-state index in [2.05, 4.69) is 25.9 Å². The number of fused-ring (bicyclic) bond motifs is 1. The van der Waals surface area contributed by atoms with Gasteiger partial charge in [0.25, 0.3) is 0 Å². The maximum Gasteiger partial charge on any atom is 0.200 e. The highest BCUT2D eigenvalue weighted by molar-refractivity contribution is 9.10. The summed E-state index contributed by atoms with van der Waals surface area (Å²) in [5.74, 6) is 1.39. The Balaban J connectivity index is 2.10. The Morgan fingerprint density at radius 2 is 2.14 bits per heavy atom. The Hall–Kier alpha value is -0.900. The molecule has 2 heterocycles. The predicted molar refractivity (Wildman–Crippen MR) is 56.1 cm³/mol. The third-order valence-corrected chi connectivity index (χ3v) is 3.13. The zero-order valence-corrected chi connectivity index (χ0v) is 9.12. The number of halogens is 1. The Bertz CT molecular complexity index is 476. The summed E-state index contributed by atoms with van der Waals surface area (Å²) in [6.45, 7) is 0. The molecule has 0 spiro atoms. The Morgan fingerprint density at radius 1 is 1.29 bits per heavy atom. The van der Waals surface area contributed by atoms with Gasteiger partial charge in [-0.1, -0.05) is 6.42 Å². The van der Waals surface area contributed by atoms with Crippen molar-refractivity contribution in [3.05, 3.63) is 22.6 Å². The summed E-state index contributed by atoms with van der Waals surface area (Å²) >= 11 is 3.32. The number of aromatic nitrogens is 2. The summed E-state index contributed by atoms with van der Waals surface area (Å²) in [6.07, 6.45) is 3.70. The van der Waals surface area contributed by atoms with Crippen LogP contribution in [0.5, 0.6) is 0 Å². The van der Waals surface area contributed by atoms with Gasteiger partial charge in [0.05, 0.1) is 0 Å². The van der Waals surface area contributed by atoms with Crippen LogP contribution in [0.25, 0.3) is 11.2 Å². The lowest BCUT2D eigenvalue weighted by molar-refractivity contribution is 0.344. The van der Waals surface area contributed by atoms with Crippen molar-refractivity contribution in [1.82, 2.24) is 9.97 Å². The molecule has 1 saturated carbocycles. The molecule has 0 saturated heterocycles. The minimum atomic E-state index is 0.531. The van der Waals surface area contributed by atoms with E-state index in [1.54, 1.807) is 0 Å². The molecule has 1 aliphatic rings. The van der Waals surface area contributed by atoms with Gasteiger partial charge < -0.3 is 4.42 Å². The van der Waals surface area contributed by atoms with Crippen LogP contribution in [0.3, 0.4) is 0 Å². The van der Waals surface area contributed by atoms with Gasteiger partial charge in [0.15, 0.2) is 17.1 Å². The normalized spacial score (nSPS) is 17.2. The fourth-order valence-electron chi connectivity index (χ4n) is 1.64. The maximum atomic E-state index is 5.63. The van der Waals surface area contributed by atoms with Crippen molar-refractivity contribution in [1.29, 1.82) is 0 Å². The monoisotopic (exact) mass is 252 g/mol. The van der Waals surface area contributed by atoms with Crippen LogP contribution >= 0.6 is 15.9 Å². The van der Waals surface area contributed by atoms with Gasteiger partial charge in [-0.15, -0.1) is 0 Å². The van der Waals surface area contributed by atoms with Gasteiger partial charge >= 0.3 is 0 Å². The number of rotatable bonds is 1. The molecule has 3 rings (SSSR count). The first kappa shape index (κ1) is 8.41. The van der Waals surface area contributed by atoms with E-state index in [1.807, 2.05) is 12.1 Å². The van der Waals surface area contributed by atoms with Crippen molar-refractivity contribution in [2.75, 3.05) is 0 Å². The largest absolute Gasteiger partial charge is 0.439 e. The standard InChI is InChI=1S/C10H9BrN2O/c11-8-5-4-7-9(12-8)13-10(14-7)6-2-1-3-6/h4-6H,1-3H2. The van der Waals surface area contributed by atoms with Crippen molar-refractivity contribution < 1.29 is 4.42 Å². The molecule has 0 amide bonds. The minimum Gasteiger partial charge on any atom is -0.439 e. The van der Waals surface area contributed by atoms with Crippen LogP contribution in [0.15, 0.2) is 21.2 Å². The van der Waals surface area contributed by atoms with Gasteiger partial charge in [0.2, 0.25) is 0 Å². The van der Waals surface area contributed by atoms with Gasteiger partial charge in [-0.2, -0.15) is 4.98 Å². The molecule has 4 heteroatoms. The lowest BCUT2D eigenvalue weighted by Gasteiger charge is -2.21. The SMILES string of the molecule is Brc1ccc2oc(C3CCC3)nc2n1. The summed E-state index contributed by atoms with van der Waals surface area (Å²) < 4.78 is 6.44. The molecule has 0 radical (unpaired) electrons. The van der Waals surface area contributed by atoms with Crippen LogP contribution in [0.1, 0.15) is 31.1 Å². The molecule has 2 aromatic rings. The maximum absolute atomic E-state index is 5.63. The van der Waals surface area contributed by atoms with E-state index in [0.717, 1.165) is 16.1 Å². The van der Waals surface area contributed by atoms with Crippen LogP contribution in [0, 0.1) is 0 Å². The molecule has 72 valence electrons. The minimum absolute atomic E-state index is 0.531. The first-order chi connectivity index (χ1) is 6.83. The fourth-order valence-corrected chi connectivity index (χ4v) is 1.94. The Morgan fingerprint density at radius 3 is 2.86 bits per heavy atom. The fraction of sp³-hybridized carbons (Fsp3) is 0.400. The van der Waals surface area contributed by atoms with Gasteiger partial charge in [-0.25, -0.2) is 4.98 Å². The molecule has 14 heavy (non-hydrogen) atoms. The second-order valence-electron chi connectivity index (χ2n) is 3.64. The van der Waals surface area contributed by atoms with E-state index >= 15 is 0 Å². The number of hydrogen-bond acceptors (Lipinski definition) is 3. The van der Waals surface area contributed by atoms with E-state index in [1.165, 1.54) is 19.3 Å². The highest BCUT2D eigenvalue weighted by atomic mass is 79.9. The second-order valence-corrected chi connectivity index (χ2v) is 4.45. The highest BCUT2D eigenvalue weighted by Gasteiger charge is 2.24. The molecule has 1 fully saturated rings. The van der Waals surface area contributed by atoms with Crippen LogP contribution in [-0.4, -0.2) is 9.97 Å². The third kappa shape index (κ3) is 1.25. The second kappa shape index (κ2) is 3.05. The van der Waals surface area contributed by atoms with Crippen molar-refractivity contribution >= 4 is 27.2 Å². The average Bonchev–Trinajstić information content (AvgIpc) is 2.43. The average molecular weight is 253 g/mol. The van der Waals surface area contributed by atoms with Crippen LogP contribution in [0.2, 0.25) is 0 Å². The van der Waals surface area contributed by atoms with Crippen molar-refractivity contribution in [2.45, 2.75) is 25.2 Å². The summed E-state index contributed by atoms with van der Waals surface area (Å²) in [5, 5.41) is 0. The molecule has 0 bridgehead atoms. The van der Waals surface area contributed by atoms with Crippen molar-refractivity contribution in [2.24, 2.45) is 0 Å². The van der Waals surface area contributed by atoms with Crippen molar-refractivity contribution in [3.8, 4) is 0 Å². The first-order valence-corrected chi connectivity index (χ1v) is 5.55. The van der Waals surface area contributed by atoms with Gasteiger partial charge in [-0.3, -0.25) is 0 Å². The van der Waals surface area contributed by atoms with Gasteiger partial charge in [-0.05, 0) is 40.9 Å². The van der Waals surface area contributed by atoms with E-state index in [0.29, 0.717) is 11.6 Å². The number of pyridine rings is 1. The molecular weight excluding hydrogens is 244 g/mol. The van der Waals surface area contributed by atoms with E-state index in [-0.39, 0.29) is 0 Å². The molecule has 0 atom stereocenters. The molecule has 3 nitrogen and oxygen atoms in total.